The fourth-order valence-corrected chi connectivity index (χ4v) is 3.69. The third-order valence-corrected chi connectivity index (χ3v) is 5.51. The molecule has 4 aromatic rings. The number of carbonyl (C=O) groups is 1. The van der Waals surface area contributed by atoms with Crippen LogP contribution in [0.4, 0.5) is 35.0 Å². The van der Waals surface area contributed by atoms with Gasteiger partial charge in [-0.15, -0.1) is 0 Å². The van der Waals surface area contributed by atoms with E-state index in [4.69, 9.17) is 22.9 Å². The molecule has 35 heavy (non-hydrogen) atoms. The van der Waals surface area contributed by atoms with E-state index in [-0.39, 0.29) is 5.69 Å². The molecule has 176 valence electrons. The second-order valence-corrected chi connectivity index (χ2v) is 8.00. The molecule has 0 heterocycles. The van der Waals surface area contributed by atoms with Gasteiger partial charge in [0.15, 0.2) is 5.69 Å². The van der Waals surface area contributed by atoms with Crippen molar-refractivity contribution in [1.29, 1.82) is 0 Å². The number of fused-ring (bicyclic) bond motifs is 1. The predicted molar refractivity (Wildman–Crippen MR) is 131 cm³/mol. The number of alkyl halides is 3. The average molecular weight is 496 g/mol. The highest BCUT2D eigenvalue weighted by Gasteiger charge is 2.33. The van der Waals surface area contributed by atoms with E-state index in [1.807, 2.05) is 31.2 Å². The first kappa shape index (κ1) is 23.9. The minimum atomic E-state index is -4.65. The Balaban J connectivity index is 1.55. The van der Waals surface area contributed by atoms with E-state index >= 15 is 0 Å². The van der Waals surface area contributed by atoms with Gasteiger partial charge in [0.1, 0.15) is 11.5 Å². The Hall–Kier alpha value is -4.22. The van der Waals surface area contributed by atoms with E-state index in [2.05, 4.69) is 15.5 Å². The van der Waals surface area contributed by atoms with Crippen LogP contribution in [0.15, 0.2) is 72.8 Å². The van der Waals surface area contributed by atoms with E-state index in [0.717, 1.165) is 28.5 Å². The topological polar surface area (TPSA) is 54.7 Å². The Morgan fingerprint density at radius 2 is 1.57 bits per heavy atom. The number of rotatable bonds is 4. The van der Waals surface area contributed by atoms with Crippen molar-refractivity contribution in [2.24, 2.45) is 0 Å². The number of benzene rings is 4. The van der Waals surface area contributed by atoms with E-state index in [1.165, 1.54) is 6.07 Å². The maximum Gasteiger partial charge on any atom is 0.417 e. The van der Waals surface area contributed by atoms with Gasteiger partial charge >= 0.3 is 12.2 Å². The van der Waals surface area contributed by atoms with Crippen LogP contribution in [0, 0.1) is 13.5 Å². The maximum atomic E-state index is 13.1. The molecule has 0 fully saturated rings. The number of aryl methyl sites for hydroxylation is 1. The Morgan fingerprint density at radius 3 is 2.26 bits per heavy atom. The van der Waals surface area contributed by atoms with Gasteiger partial charge in [-0.05, 0) is 48.2 Å². The summed E-state index contributed by atoms with van der Waals surface area (Å²) in [6.45, 7) is 9.19. The second-order valence-electron chi connectivity index (χ2n) is 7.59. The van der Waals surface area contributed by atoms with Gasteiger partial charge in [0.05, 0.1) is 17.2 Å². The van der Waals surface area contributed by atoms with Crippen molar-refractivity contribution in [2.45, 2.75) is 13.1 Å². The minimum Gasteiger partial charge on any atom is -0.456 e. The summed E-state index contributed by atoms with van der Waals surface area (Å²) >= 11 is 5.62. The van der Waals surface area contributed by atoms with E-state index in [1.54, 1.807) is 30.3 Å². The fraction of sp³-hybridized carbons (Fsp3) is 0.0769. The third-order valence-electron chi connectivity index (χ3n) is 5.18. The number of urea groups is 1. The highest BCUT2D eigenvalue weighted by molar-refractivity contribution is 6.31. The molecule has 0 aliphatic rings. The molecule has 9 heteroatoms. The lowest BCUT2D eigenvalue weighted by atomic mass is 10.1. The Morgan fingerprint density at radius 1 is 0.914 bits per heavy atom. The molecule has 0 atom stereocenters. The molecular formula is C26H17ClF3N3O2. The summed E-state index contributed by atoms with van der Waals surface area (Å²) in [6.07, 6.45) is -4.65. The maximum absolute atomic E-state index is 13.1. The van der Waals surface area contributed by atoms with Crippen molar-refractivity contribution < 1.29 is 22.7 Å². The van der Waals surface area contributed by atoms with Crippen molar-refractivity contribution in [1.82, 2.24) is 0 Å². The van der Waals surface area contributed by atoms with Gasteiger partial charge in [0.2, 0.25) is 0 Å². The van der Waals surface area contributed by atoms with Crippen molar-refractivity contribution >= 4 is 45.5 Å². The van der Waals surface area contributed by atoms with Crippen molar-refractivity contribution in [3.8, 4) is 11.5 Å². The Bertz CT molecular complexity index is 1480. The van der Waals surface area contributed by atoms with Gasteiger partial charge in [-0.2, -0.15) is 13.2 Å². The van der Waals surface area contributed by atoms with Crippen molar-refractivity contribution in [2.75, 3.05) is 10.6 Å². The summed E-state index contributed by atoms with van der Waals surface area (Å²) < 4.78 is 45.3. The van der Waals surface area contributed by atoms with Gasteiger partial charge in [-0.1, -0.05) is 48.0 Å². The Labute approximate surface area is 203 Å². The molecular weight excluding hydrogens is 479 g/mol. The van der Waals surface area contributed by atoms with E-state index < -0.39 is 22.8 Å². The van der Waals surface area contributed by atoms with Gasteiger partial charge in [0, 0.05) is 22.8 Å². The quantitative estimate of drug-likeness (QED) is 0.278. The zero-order chi connectivity index (χ0) is 25.2. The summed E-state index contributed by atoms with van der Waals surface area (Å²) in [5.41, 5.74) is 0.568. The van der Waals surface area contributed by atoms with Crippen LogP contribution in [0.1, 0.15) is 11.1 Å². The summed E-state index contributed by atoms with van der Waals surface area (Å²) in [5.74, 6) is 1.01. The predicted octanol–water partition coefficient (Wildman–Crippen LogP) is 8.81. The molecule has 2 N–H and O–H groups in total. The molecule has 5 nitrogen and oxygen atoms in total. The highest BCUT2D eigenvalue weighted by atomic mass is 35.5. The lowest BCUT2D eigenvalue weighted by Gasteiger charge is -2.15. The van der Waals surface area contributed by atoms with Crippen LogP contribution in [0.5, 0.6) is 11.5 Å². The standard InChI is InChI=1S/C26H17ClF3N3O2/c1-15-7-8-17(33-25(34)32-16-9-10-21(27)20(13-16)26(28,29)30)14-24(15)35-23-12-11-22(31-2)18-5-3-4-6-19(18)23/h3-14H,1H3,(H2,32,33,34). The molecule has 2 amide bonds. The lowest BCUT2D eigenvalue weighted by molar-refractivity contribution is -0.137. The number of ether oxygens (including phenoxy) is 1. The number of halogens is 4. The normalized spacial score (nSPS) is 11.1. The number of hydrogen-bond acceptors (Lipinski definition) is 2. The van der Waals surface area contributed by atoms with Gasteiger partial charge < -0.3 is 15.4 Å². The number of nitrogens with zero attached hydrogens (tertiary/aromatic N) is 1. The zero-order valence-corrected chi connectivity index (χ0v) is 19.0. The summed E-state index contributed by atoms with van der Waals surface area (Å²) in [6, 6.07) is 18.1. The molecule has 0 bridgehead atoms. The van der Waals surface area contributed by atoms with Gasteiger partial charge in [-0.25, -0.2) is 9.64 Å². The van der Waals surface area contributed by atoms with Crippen LogP contribution in [-0.4, -0.2) is 6.03 Å². The van der Waals surface area contributed by atoms with Gasteiger partial charge in [0.25, 0.3) is 0 Å². The van der Waals surface area contributed by atoms with Crippen LogP contribution < -0.4 is 15.4 Å². The van der Waals surface area contributed by atoms with Crippen molar-refractivity contribution in [3.05, 3.63) is 100 Å². The molecule has 0 saturated carbocycles. The molecule has 4 aromatic carbocycles. The van der Waals surface area contributed by atoms with Crippen LogP contribution in [0.2, 0.25) is 5.02 Å². The summed E-state index contributed by atoms with van der Waals surface area (Å²) in [7, 11) is 0. The molecule has 0 aliphatic heterocycles. The van der Waals surface area contributed by atoms with Crippen molar-refractivity contribution in [3.63, 3.8) is 0 Å². The first-order valence-corrected chi connectivity index (χ1v) is 10.7. The number of hydrogen-bond donors (Lipinski definition) is 2. The van der Waals surface area contributed by atoms with E-state index in [9.17, 15) is 18.0 Å². The first-order valence-electron chi connectivity index (χ1n) is 10.3. The Kier molecular flexibility index (Phi) is 6.54. The molecule has 4 rings (SSSR count). The summed E-state index contributed by atoms with van der Waals surface area (Å²) in [4.78, 5) is 16.0. The minimum absolute atomic E-state index is 0.0609. The third kappa shape index (κ3) is 5.31. The largest absolute Gasteiger partial charge is 0.456 e. The molecule has 0 spiro atoms. The molecule has 0 aliphatic carbocycles. The van der Waals surface area contributed by atoms with Gasteiger partial charge in [-0.3, -0.25) is 0 Å². The molecule has 0 unspecified atom stereocenters. The number of carbonyl (C=O) groups excluding carboxylic acids is 1. The smallest absolute Gasteiger partial charge is 0.417 e. The van der Waals surface area contributed by atoms with Crippen LogP contribution in [0.3, 0.4) is 0 Å². The fourth-order valence-electron chi connectivity index (χ4n) is 3.46. The zero-order valence-electron chi connectivity index (χ0n) is 18.2. The van der Waals surface area contributed by atoms with Crippen LogP contribution in [0.25, 0.3) is 15.6 Å². The van der Waals surface area contributed by atoms with E-state index in [0.29, 0.717) is 22.9 Å². The SMILES string of the molecule is [C-]#[N+]c1ccc(Oc2cc(NC(=O)Nc3ccc(Cl)c(C(F)(F)F)c3)ccc2C)c2ccccc12. The highest BCUT2D eigenvalue weighted by Crippen LogP contribution is 2.38. The number of nitrogens with one attached hydrogen (secondary N) is 2. The lowest BCUT2D eigenvalue weighted by Crippen LogP contribution is -2.20. The van der Waals surface area contributed by atoms with Crippen LogP contribution in [-0.2, 0) is 6.18 Å². The second kappa shape index (κ2) is 9.57. The molecule has 0 aromatic heterocycles. The summed E-state index contributed by atoms with van der Waals surface area (Å²) in [5, 5.41) is 6.02. The molecule has 0 saturated heterocycles. The molecule has 0 radical (unpaired) electrons. The average Bonchev–Trinajstić information content (AvgIpc) is 2.82. The van der Waals surface area contributed by atoms with Crippen LogP contribution >= 0.6 is 11.6 Å². The number of anilines is 2. The monoisotopic (exact) mass is 495 g/mol. The first-order chi connectivity index (χ1) is 16.7. The number of amides is 2.